The van der Waals surface area contributed by atoms with E-state index in [1.165, 1.54) is 17.4 Å². The Balaban J connectivity index is 1.82. The molecule has 1 aliphatic rings. The molecular formula is C18H18F3NO3S. The Kier molecular flexibility index (Phi) is 5.50. The van der Waals surface area contributed by atoms with E-state index < -0.39 is 17.7 Å². The van der Waals surface area contributed by atoms with Gasteiger partial charge in [-0.3, -0.25) is 0 Å². The topological polar surface area (TPSA) is 48.4 Å². The summed E-state index contributed by atoms with van der Waals surface area (Å²) in [5.74, 6) is 0.377. The van der Waals surface area contributed by atoms with Crippen LogP contribution in [0, 0.1) is 5.92 Å². The molecule has 1 saturated carbocycles. The fourth-order valence-electron chi connectivity index (χ4n) is 2.38. The zero-order valence-electron chi connectivity index (χ0n) is 14.1. The number of halogens is 3. The van der Waals surface area contributed by atoms with Crippen LogP contribution in [0.1, 0.15) is 46.4 Å². The SMILES string of the molecule is CCOC(=O)c1csc(Cc2cc(C(F)(F)F)ccc2OCC2CC2)n1. The molecule has 0 atom stereocenters. The zero-order chi connectivity index (χ0) is 18.7. The molecule has 0 amide bonds. The second-order valence-electron chi connectivity index (χ2n) is 6.10. The number of hydrogen-bond donors (Lipinski definition) is 0. The number of aromatic nitrogens is 1. The molecule has 0 spiro atoms. The average Bonchev–Trinajstić information content (AvgIpc) is 3.30. The highest BCUT2D eigenvalue weighted by Crippen LogP contribution is 2.35. The molecule has 1 aromatic carbocycles. The molecule has 0 aliphatic heterocycles. The van der Waals surface area contributed by atoms with Crippen LogP contribution in [0.5, 0.6) is 5.75 Å². The maximum atomic E-state index is 13.0. The van der Waals surface area contributed by atoms with Gasteiger partial charge < -0.3 is 9.47 Å². The molecule has 2 aromatic rings. The van der Waals surface area contributed by atoms with Gasteiger partial charge in [-0.1, -0.05) is 0 Å². The van der Waals surface area contributed by atoms with Gasteiger partial charge in [0.15, 0.2) is 5.69 Å². The molecule has 0 radical (unpaired) electrons. The van der Waals surface area contributed by atoms with Crippen molar-refractivity contribution in [3.8, 4) is 5.75 Å². The highest BCUT2D eigenvalue weighted by atomic mass is 32.1. The average molecular weight is 385 g/mol. The summed E-state index contributed by atoms with van der Waals surface area (Å²) in [6.07, 6.45) is -2.09. The number of nitrogens with zero attached hydrogens (tertiary/aromatic N) is 1. The largest absolute Gasteiger partial charge is 0.493 e. The molecule has 0 unspecified atom stereocenters. The van der Waals surface area contributed by atoms with Crippen LogP contribution in [0.4, 0.5) is 13.2 Å². The summed E-state index contributed by atoms with van der Waals surface area (Å²) >= 11 is 1.21. The van der Waals surface area contributed by atoms with E-state index in [-0.39, 0.29) is 18.7 Å². The summed E-state index contributed by atoms with van der Waals surface area (Å²) in [7, 11) is 0. The number of benzene rings is 1. The van der Waals surface area contributed by atoms with Gasteiger partial charge in [-0.2, -0.15) is 13.2 Å². The maximum Gasteiger partial charge on any atom is 0.416 e. The summed E-state index contributed by atoms with van der Waals surface area (Å²) in [6.45, 7) is 2.43. The van der Waals surface area contributed by atoms with E-state index in [1.54, 1.807) is 12.3 Å². The van der Waals surface area contributed by atoms with E-state index in [1.807, 2.05) is 0 Å². The first-order valence-corrected chi connectivity index (χ1v) is 9.19. The van der Waals surface area contributed by atoms with Crippen molar-refractivity contribution in [1.29, 1.82) is 0 Å². The smallest absolute Gasteiger partial charge is 0.416 e. The first-order chi connectivity index (χ1) is 12.4. The van der Waals surface area contributed by atoms with Crippen LogP contribution >= 0.6 is 11.3 Å². The third-order valence-corrected chi connectivity index (χ3v) is 4.79. The van der Waals surface area contributed by atoms with Gasteiger partial charge in [-0.05, 0) is 43.9 Å². The number of rotatable bonds is 7. The second kappa shape index (κ2) is 7.65. The molecule has 3 rings (SSSR count). The van der Waals surface area contributed by atoms with Crippen LogP contribution in [-0.4, -0.2) is 24.2 Å². The molecule has 26 heavy (non-hydrogen) atoms. The van der Waals surface area contributed by atoms with E-state index >= 15 is 0 Å². The summed E-state index contributed by atoms with van der Waals surface area (Å²) in [6, 6.07) is 3.48. The minimum atomic E-state index is -4.43. The van der Waals surface area contributed by atoms with Gasteiger partial charge in [0.05, 0.1) is 23.8 Å². The number of alkyl halides is 3. The lowest BCUT2D eigenvalue weighted by Crippen LogP contribution is -2.08. The molecule has 4 nitrogen and oxygen atoms in total. The summed E-state index contributed by atoms with van der Waals surface area (Å²) < 4.78 is 49.7. The number of carbonyl (C=O) groups excluding carboxylic acids is 1. The van der Waals surface area contributed by atoms with Crippen LogP contribution < -0.4 is 4.74 Å². The number of hydrogen-bond acceptors (Lipinski definition) is 5. The Bertz CT molecular complexity index is 784. The third-order valence-electron chi connectivity index (χ3n) is 3.94. The predicted molar refractivity (Wildman–Crippen MR) is 90.5 cm³/mol. The quantitative estimate of drug-likeness (QED) is 0.647. The normalized spacial score (nSPS) is 14.3. The molecule has 1 heterocycles. The minimum absolute atomic E-state index is 0.161. The first kappa shape index (κ1) is 18.7. The van der Waals surface area contributed by atoms with Gasteiger partial charge in [0, 0.05) is 17.4 Å². The Labute approximate surface area is 153 Å². The standard InChI is InChI=1S/C18H18F3NO3S/c1-2-24-17(23)14-10-26-16(22-14)8-12-7-13(18(19,20)21)5-6-15(12)25-9-11-3-4-11/h5-7,10-11H,2-4,8-9H2,1H3. The molecule has 0 bridgehead atoms. The number of carbonyl (C=O) groups is 1. The monoisotopic (exact) mass is 385 g/mol. The van der Waals surface area contributed by atoms with E-state index in [4.69, 9.17) is 9.47 Å². The lowest BCUT2D eigenvalue weighted by Gasteiger charge is -2.14. The van der Waals surface area contributed by atoms with E-state index in [0.717, 1.165) is 25.0 Å². The van der Waals surface area contributed by atoms with Crippen molar-refractivity contribution >= 4 is 17.3 Å². The summed E-state index contributed by atoms with van der Waals surface area (Å²) in [5.41, 5.74) is -0.155. The lowest BCUT2D eigenvalue weighted by molar-refractivity contribution is -0.137. The second-order valence-corrected chi connectivity index (χ2v) is 7.04. The van der Waals surface area contributed by atoms with E-state index in [2.05, 4.69) is 4.98 Å². The minimum Gasteiger partial charge on any atom is -0.493 e. The molecule has 0 N–H and O–H groups in total. The van der Waals surface area contributed by atoms with Gasteiger partial charge in [0.25, 0.3) is 0 Å². The van der Waals surface area contributed by atoms with Crippen molar-refractivity contribution < 1.29 is 27.4 Å². The zero-order valence-corrected chi connectivity index (χ0v) is 15.0. The Morgan fingerprint density at radius 1 is 1.35 bits per heavy atom. The Morgan fingerprint density at radius 2 is 2.12 bits per heavy atom. The number of thiazole rings is 1. The van der Waals surface area contributed by atoms with Crippen molar-refractivity contribution in [2.75, 3.05) is 13.2 Å². The van der Waals surface area contributed by atoms with Crippen molar-refractivity contribution in [2.45, 2.75) is 32.4 Å². The maximum absolute atomic E-state index is 13.0. The van der Waals surface area contributed by atoms with Crippen LogP contribution in [0.15, 0.2) is 23.6 Å². The fraction of sp³-hybridized carbons (Fsp3) is 0.444. The van der Waals surface area contributed by atoms with Crippen molar-refractivity contribution in [1.82, 2.24) is 4.98 Å². The van der Waals surface area contributed by atoms with Gasteiger partial charge in [0.1, 0.15) is 5.75 Å². The third kappa shape index (κ3) is 4.75. The van der Waals surface area contributed by atoms with Gasteiger partial charge in [0.2, 0.25) is 0 Å². The highest BCUT2D eigenvalue weighted by Gasteiger charge is 2.31. The van der Waals surface area contributed by atoms with Crippen LogP contribution in [0.2, 0.25) is 0 Å². The van der Waals surface area contributed by atoms with Crippen molar-refractivity contribution in [2.24, 2.45) is 5.92 Å². The lowest BCUT2D eigenvalue weighted by atomic mass is 10.1. The predicted octanol–water partition coefficient (Wildman–Crippen LogP) is 4.72. The summed E-state index contributed by atoms with van der Waals surface area (Å²) in [4.78, 5) is 15.9. The highest BCUT2D eigenvalue weighted by molar-refractivity contribution is 7.09. The molecule has 0 saturated heterocycles. The fourth-order valence-corrected chi connectivity index (χ4v) is 3.17. The van der Waals surface area contributed by atoms with E-state index in [9.17, 15) is 18.0 Å². The van der Waals surface area contributed by atoms with Crippen molar-refractivity contribution in [3.05, 3.63) is 45.4 Å². The number of ether oxygens (including phenoxy) is 2. The van der Waals surface area contributed by atoms with E-state index in [0.29, 0.717) is 28.8 Å². The Hall–Kier alpha value is -2.09. The number of esters is 1. The van der Waals surface area contributed by atoms with Crippen LogP contribution in [-0.2, 0) is 17.3 Å². The molecule has 140 valence electrons. The molecule has 8 heteroatoms. The summed E-state index contributed by atoms with van der Waals surface area (Å²) in [5, 5.41) is 2.08. The van der Waals surface area contributed by atoms with Crippen LogP contribution in [0.25, 0.3) is 0 Å². The van der Waals surface area contributed by atoms with Gasteiger partial charge in [-0.15, -0.1) is 11.3 Å². The van der Waals surface area contributed by atoms with Gasteiger partial charge in [-0.25, -0.2) is 9.78 Å². The molecular weight excluding hydrogens is 367 g/mol. The van der Waals surface area contributed by atoms with Crippen molar-refractivity contribution in [3.63, 3.8) is 0 Å². The molecule has 1 fully saturated rings. The first-order valence-electron chi connectivity index (χ1n) is 8.31. The molecule has 1 aromatic heterocycles. The Morgan fingerprint density at radius 3 is 2.77 bits per heavy atom. The molecule has 1 aliphatic carbocycles. The van der Waals surface area contributed by atoms with Crippen LogP contribution in [0.3, 0.4) is 0 Å². The van der Waals surface area contributed by atoms with Gasteiger partial charge >= 0.3 is 12.1 Å².